The number of anilines is 1. The maximum Gasteiger partial charge on any atom is 0.319 e. The van der Waals surface area contributed by atoms with E-state index in [1.807, 2.05) is 55.5 Å². The Bertz CT molecular complexity index is 1370. The Balaban J connectivity index is 1.52. The van der Waals surface area contributed by atoms with E-state index in [1.165, 1.54) is 12.1 Å². The number of sulfone groups is 1. The fourth-order valence-corrected chi connectivity index (χ4v) is 4.97. The largest absolute Gasteiger partial charge is 0.334 e. The molecule has 0 saturated carbocycles. The maximum atomic E-state index is 13.4. The number of benzene rings is 3. The molecule has 0 unspecified atom stereocenters. The third-order valence-corrected chi connectivity index (χ3v) is 7.06. The van der Waals surface area contributed by atoms with Crippen LogP contribution in [0.1, 0.15) is 11.1 Å². The van der Waals surface area contributed by atoms with E-state index in [2.05, 4.69) is 15.6 Å². The number of nitrogens with zero attached hydrogens (tertiary/aromatic N) is 1. The number of aromatic nitrogens is 1. The fourth-order valence-electron chi connectivity index (χ4n) is 3.50. The molecule has 0 fully saturated rings. The number of aryl methyl sites for hydroxylation is 1. The molecule has 33 heavy (non-hydrogen) atoms. The molecule has 2 N–H and O–H groups in total. The van der Waals surface area contributed by atoms with Gasteiger partial charge in [0.25, 0.3) is 0 Å². The number of nitrogens with one attached hydrogen (secondary N) is 2. The monoisotopic (exact) mass is 457 g/mol. The Morgan fingerprint density at radius 3 is 2.15 bits per heavy atom. The molecule has 0 radical (unpaired) electrons. The Morgan fingerprint density at radius 1 is 0.818 bits per heavy atom. The summed E-state index contributed by atoms with van der Waals surface area (Å²) >= 11 is 0. The lowest BCUT2D eigenvalue weighted by Gasteiger charge is -2.13. The van der Waals surface area contributed by atoms with E-state index in [1.54, 1.807) is 36.7 Å². The van der Waals surface area contributed by atoms with Crippen molar-refractivity contribution >= 4 is 21.6 Å². The van der Waals surface area contributed by atoms with Crippen molar-refractivity contribution in [2.24, 2.45) is 0 Å². The van der Waals surface area contributed by atoms with Crippen LogP contribution in [0.5, 0.6) is 0 Å². The number of carbonyl (C=O) groups is 1. The highest BCUT2D eigenvalue weighted by atomic mass is 32.2. The second-order valence-electron chi connectivity index (χ2n) is 7.50. The number of carbonyl (C=O) groups excluding carboxylic acids is 1. The molecule has 3 aromatic carbocycles. The smallest absolute Gasteiger partial charge is 0.319 e. The molecule has 0 atom stereocenters. The van der Waals surface area contributed by atoms with Crippen molar-refractivity contribution in [1.82, 2.24) is 10.3 Å². The van der Waals surface area contributed by atoms with Gasteiger partial charge < -0.3 is 10.6 Å². The summed E-state index contributed by atoms with van der Waals surface area (Å²) in [6.07, 6.45) is 3.32. The zero-order valence-electron chi connectivity index (χ0n) is 18.0. The first kappa shape index (κ1) is 22.2. The van der Waals surface area contributed by atoms with Crippen molar-refractivity contribution in [2.45, 2.75) is 23.3 Å². The van der Waals surface area contributed by atoms with Gasteiger partial charge in [-0.05, 0) is 66.1 Å². The average molecular weight is 458 g/mol. The summed E-state index contributed by atoms with van der Waals surface area (Å²) in [4.78, 5) is 16.5. The summed E-state index contributed by atoms with van der Waals surface area (Å²) in [6.45, 7) is 2.31. The van der Waals surface area contributed by atoms with Gasteiger partial charge in [-0.2, -0.15) is 0 Å². The summed E-state index contributed by atoms with van der Waals surface area (Å²) in [6, 6.07) is 24.1. The Kier molecular flexibility index (Phi) is 6.51. The van der Waals surface area contributed by atoms with E-state index in [0.717, 1.165) is 16.7 Å². The molecular formula is C26H23N3O3S. The van der Waals surface area contributed by atoms with Crippen LogP contribution in [0.4, 0.5) is 10.5 Å². The van der Waals surface area contributed by atoms with E-state index >= 15 is 0 Å². The first-order chi connectivity index (χ1) is 15.9. The van der Waals surface area contributed by atoms with Gasteiger partial charge in [-0.25, -0.2) is 13.2 Å². The molecule has 2 amide bonds. The van der Waals surface area contributed by atoms with E-state index in [0.29, 0.717) is 17.8 Å². The Hall–Kier alpha value is -3.97. The van der Waals surface area contributed by atoms with Crippen LogP contribution in [-0.2, 0) is 16.4 Å². The third-order valence-electron chi connectivity index (χ3n) is 5.24. The van der Waals surface area contributed by atoms with Gasteiger partial charge in [0.1, 0.15) is 0 Å². The predicted molar refractivity (Wildman–Crippen MR) is 129 cm³/mol. The molecule has 0 aliphatic rings. The lowest BCUT2D eigenvalue weighted by Crippen LogP contribution is -2.28. The molecular weight excluding hydrogens is 434 g/mol. The van der Waals surface area contributed by atoms with Crippen LogP contribution in [0.25, 0.3) is 11.1 Å². The molecule has 4 aromatic rings. The molecule has 6 nitrogen and oxygen atoms in total. The molecule has 166 valence electrons. The molecule has 1 aromatic heterocycles. The van der Waals surface area contributed by atoms with Gasteiger partial charge in [-0.3, -0.25) is 4.98 Å². The zero-order chi connectivity index (χ0) is 23.3. The van der Waals surface area contributed by atoms with Gasteiger partial charge in [0.15, 0.2) is 0 Å². The minimum atomic E-state index is -3.76. The standard InChI is InChI=1S/C26H23N3O3S/c1-19-6-2-3-7-23(19)24-8-4-5-9-25(24)33(31,32)22-12-10-21(11-13-22)29-26(30)28-18-20-14-16-27-17-15-20/h2-17H,18H2,1H3,(H2,28,29,30). The number of hydrogen-bond donors (Lipinski definition) is 2. The number of rotatable bonds is 6. The van der Waals surface area contributed by atoms with Gasteiger partial charge >= 0.3 is 6.03 Å². The van der Waals surface area contributed by atoms with Crippen LogP contribution in [0.15, 0.2) is 107 Å². The number of amides is 2. The second kappa shape index (κ2) is 9.67. The molecule has 4 rings (SSSR count). The minimum absolute atomic E-state index is 0.159. The van der Waals surface area contributed by atoms with Gasteiger partial charge in [-0.1, -0.05) is 42.5 Å². The van der Waals surface area contributed by atoms with Gasteiger partial charge in [0, 0.05) is 30.2 Å². The number of pyridine rings is 1. The highest BCUT2D eigenvalue weighted by molar-refractivity contribution is 7.91. The van der Waals surface area contributed by atoms with Crippen molar-refractivity contribution in [3.63, 3.8) is 0 Å². The zero-order valence-corrected chi connectivity index (χ0v) is 18.8. The SMILES string of the molecule is Cc1ccccc1-c1ccccc1S(=O)(=O)c1ccc(NC(=O)NCc2ccncc2)cc1. The molecule has 0 spiro atoms. The van der Waals surface area contributed by atoms with E-state index in [-0.39, 0.29) is 15.8 Å². The molecule has 0 aliphatic carbocycles. The van der Waals surface area contributed by atoms with Gasteiger partial charge in [0.05, 0.1) is 9.79 Å². The average Bonchev–Trinajstić information content (AvgIpc) is 2.84. The van der Waals surface area contributed by atoms with E-state index in [4.69, 9.17) is 0 Å². The van der Waals surface area contributed by atoms with Crippen LogP contribution in [-0.4, -0.2) is 19.4 Å². The summed E-state index contributed by atoms with van der Waals surface area (Å²) in [5, 5.41) is 5.47. The minimum Gasteiger partial charge on any atom is -0.334 e. The fraction of sp³-hybridized carbons (Fsp3) is 0.0769. The first-order valence-electron chi connectivity index (χ1n) is 10.4. The van der Waals surface area contributed by atoms with Crippen LogP contribution < -0.4 is 10.6 Å². The Morgan fingerprint density at radius 2 is 1.45 bits per heavy atom. The molecule has 0 saturated heterocycles. The highest BCUT2D eigenvalue weighted by Crippen LogP contribution is 2.33. The quantitative estimate of drug-likeness (QED) is 0.416. The maximum absolute atomic E-state index is 13.4. The van der Waals surface area contributed by atoms with Crippen LogP contribution in [0.2, 0.25) is 0 Å². The lowest BCUT2D eigenvalue weighted by atomic mass is 10.0. The molecule has 0 aliphatic heterocycles. The van der Waals surface area contributed by atoms with Gasteiger partial charge in [-0.15, -0.1) is 0 Å². The molecule has 1 heterocycles. The number of hydrogen-bond acceptors (Lipinski definition) is 4. The van der Waals surface area contributed by atoms with Crippen molar-refractivity contribution in [1.29, 1.82) is 0 Å². The summed E-state index contributed by atoms with van der Waals surface area (Å²) in [5.41, 5.74) is 3.95. The third kappa shape index (κ3) is 5.10. The highest BCUT2D eigenvalue weighted by Gasteiger charge is 2.22. The Labute approximate surface area is 193 Å². The normalized spacial score (nSPS) is 11.1. The summed E-state index contributed by atoms with van der Waals surface area (Å²) in [7, 11) is -3.76. The van der Waals surface area contributed by atoms with Crippen LogP contribution >= 0.6 is 0 Å². The first-order valence-corrected chi connectivity index (χ1v) is 11.9. The van der Waals surface area contributed by atoms with Gasteiger partial charge in [0.2, 0.25) is 9.84 Å². The van der Waals surface area contributed by atoms with E-state index < -0.39 is 9.84 Å². The van der Waals surface area contributed by atoms with Crippen molar-refractivity contribution in [3.05, 3.63) is 108 Å². The lowest BCUT2D eigenvalue weighted by molar-refractivity contribution is 0.251. The van der Waals surface area contributed by atoms with Crippen molar-refractivity contribution in [2.75, 3.05) is 5.32 Å². The van der Waals surface area contributed by atoms with E-state index in [9.17, 15) is 13.2 Å². The summed E-state index contributed by atoms with van der Waals surface area (Å²) < 4.78 is 26.9. The van der Waals surface area contributed by atoms with Crippen molar-refractivity contribution < 1.29 is 13.2 Å². The topological polar surface area (TPSA) is 88.2 Å². The van der Waals surface area contributed by atoms with Crippen LogP contribution in [0.3, 0.4) is 0 Å². The second-order valence-corrected chi connectivity index (χ2v) is 9.42. The van der Waals surface area contributed by atoms with Crippen molar-refractivity contribution in [3.8, 4) is 11.1 Å². The summed E-state index contributed by atoms with van der Waals surface area (Å²) in [5.74, 6) is 0. The molecule has 0 bridgehead atoms. The molecule has 7 heteroatoms. The van der Waals surface area contributed by atoms with Crippen LogP contribution in [0, 0.1) is 6.92 Å². The number of urea groups is 1. The predicted octanol–water partition coefficient (Wildman–Crippen LogP) is 5.21.